The fourth-order valence-corrected chi connectivity index (χ4v) is 4.54. The van der Waals surface area contributed by atoms with Crippen LogP contribution in [0.15, 0.2) is 36.0 Å². The van der Waals surface area contributed by atoms with E-state index in [1.165, 1.54) is 10.4 Å². The number of nitrogens with zero attached hydrogens (tertiary/aromatic N) is 3. The molecule has 134 valence electrons. The second kappa shape index (κ2) is 8.08. The highest BCUT2D eigenvalue weighted by Gasteiger charge is 2.32. The molecule has 6 heteroatoms. The number of likely N-dealkylation sites (N-methyl/N-ethyl adjacent to an activating group) is 1. The van der Waals surface area contributed by atoms with Crippen LogP contribution in [-0.2, 0) is 11.3 Å². The molecule has 1 amide bonds. The van der Waals surface area contributed by atoms with Crippen LogP contribution in [0.3, 0.4) is 0 Å². The fourth-order valence-electron chi connectivity index (χ4n) is 3.42. The number of thiophene rings is 1. The SMILES string of the molecule is Cc1ccsc1[C@H]1CCN(C(=O)CN(C)Cc2cccnc2)C[C@@H]1O. The molecular weight excluding hydrogens is 334 g/mol. The van der Waals surface area contributed by atoms with Crippen LogP contribution >= 0.6 is 11.3 Å². The molecule has 3 heterocycles. The number of aryl methyl sites for hydroxylation is 1. The molecule has 0 aromatic carbocycles. The van der Waals surface area contributed by atoms with Gasteiger partial charge in [0.2, 0.25) is 5.91 Å². The summed E-state index contributed by atoms with van der Waals surface area (Å²) in [6.45, 7) is 4.25. The van der Waals surface area contributed by atoms with E-state index in [1.54, 1.807) is 22.4 Å². The standard InChI is InChI=1S/C19H25N3O2S/c1-14-6-9-25-19(14)16-5-8-22(12-17(16)23)18(24)13-21(2)11-15-4-3-7-20-10-15/h3-4,6-7,9-10,16-17,23H,5,8,11-13H2,1-2H3/t16-,17-/m0/s1. The first-order valence-electron chi connectivity index (χ1n) is 8.62. The Morgan fingerprint density at radius 3 is 2.96 bits per heavy atom. The van der Waals surface area contributed by atoms with Crippen molar-refractivity contribution < 1.29 is 9.90 Å². The first-order chi connectivity index (χ1) is 12.0. The number of amides is 1. The summed E-state index contributed by atoms with van der Waals surface area (Å²) >= 11 is 1.70. The molecule has 1 aliphatic heterocycles. The van der Waals surface area contributed by atoms with Gasteiger partial charge in [-0.1, -0.05) is 6.07 Å². The van der Waals surface area contributed by atoms with Crippen molar-refractivity contribution in [2.75, 3.05) is 26.7 Å². The summed E-state index contributed by atoms with van der Waals surface area (Å²) in [7, 11) is 1.93. The molecule has 0 radical (unpaired) electrons. The van der Waals surface area contributed by atoms with Crippen molar-refractivity contribution in [3.05, 3.63) is 52.0 Å². The van der Waals surface area contributed by atoms with E-state index in [4.69, 9.17) is 0 Å². The van der Waals surface area contributed by atoms with Gasteiger partial charge in [0, 0.05) is 42.8 Å². The Bertz CT molecular complexity index is 704. The quantitative estimate of drug-likeness (QED) is 0.890. The molecule has 2 aromatic heterocycles. The third kappa shape index (κ3) is 4.45. The lowest BCUT2D eigenvalue weighted by molar-refractivity contribution is -0.135. The van der Waals surface area contributed by atoms with Crippen molar-refractivity contribution in [2.45, 2.75) is 31.9 Å². The van der Waals surface area contributed by atoms with Crippen LogP contribution in [0.4, 0.5) is 0 Å². The molecule has 25 heavy (non-hydrogen) atoms. The topological polar surface area (TPSA) is 56.7 Å². The van der Waals surface area contributed by atoms with Crippen molar-refractivity contribution in [3.63, 3.8) is 0 Å². The summed E-state index contributed by atoms with van der Waals surface area (Å²) in [4.78, 5) is 21.7. The summed E-state index contributed by atoms with van der Waals surface area (Å²) < 4.78 is 0. The van der Waals surface area contributed by atoms with Crippen molar-refractivity contribution in [1.29, 1.82) is 0 Å². The lowest BCUT2D eigenvalue weighted by Crippen LogP contribution is -2.48. The van der Waals surface area contributed by atoms with E-state index in [0.29, 0.717) is 26.2 Å². The highest BCUT2D eigenvalue weighted by atomic mass is 32.1. The molecule has 0 saturated carbocycles. The number of aliphatic hydroxyl groups is 1. The molecule has 1 aliphatic rings. The number of hydrogen-bond donors (Lipinski definition) is 1. The number of pyridine rings is 1. The third-order valence-electron chi connectivity index (χ3n) is 4.75. The second-order valence-electron chi connectivity index (χ2n) is 6.80. The van der Waals surface area contributed by atoms with Crippen molar-refractivity contribution in [2.24, 2.45) is 0 Å². The zero-order valence-corrected chi connectivity index (χ0v) is 15.6. The van der Waals surface area contributed by atoms with Crippen LogP contribution in [-0.4, -0.2) is 58.6 Å². The second-order valence-corrected chi connectivity index (χ2v) is 7.75. The average Bonchev–Trinajstić information content (AvgIpc) is 3.01. The predicted octanol–water partition coefficient (Wildman–Crippen LogP) is 2.26. The Balaban J connectivity index is 1.53. The summed E-state index contributed by atoms with van der Waals surface area (Å²) in [5.41, 5.74) is 2.33. The highest BCUT2D eigenvalue weighted by Crippen LogP contribution is 2.34. The van der Waals surface area contributed by atoms with Gasteiger partial charge in [0.25, 0.3) is 0 Å². The molecular formula is C19H25N3O2S. The van der Waals surface area contributed by atoms with Gasteiger partial charge >= 0.3 is 0 Å². The maximum atomic E-state index is 12.6. The van der Waals surface area contributed by atoms with E-state index >= 15 is 0 Å². The molecule has 0 aliphatic carbocycles. The fraction of sp³-hybridized carbons (Fsp3) is 0.474. The number of aliphatic hydroxyl groups excluding tert-OH is 1. The zero-order chi connectivity index (χ0) is 17.8. The lowest BCUT2D eigenvalue weighted by atomic mass is 9.90. The number of hydrogen-bond acceptors (Lipinski definition) is 5. The zero-order valence-electron chi connectivity index (χ0n) is 14.8. The number of piperidine rings is 1. The van der Waals surface area contributed by atoms with E-state index in [2.05, 4.69) is 23.4 Å². The summed E-state index contributed by atoms with van der Waals surface area (Å²) in [5, 5.41) is 12.6. The molecule has 2 atom stereocenters. The van der Waals surface area contributed by atoms with Crippen molar-refractivity contribution >= 4 is 17.2 Å². The number of β-amino-alcohol motifs (C(OH)–C–C–N with tert-alkyl or cyclic N) is 1. The summed E-state index contributed by atoms with van der Waals surface area (Å²) in [5.74, 6) is 0.226. The van der Waals surface area contributed by atoms with Gasteiger partial charge in [0.15, 0.2) is 0 Å². The van der Waals surface area contributed by atoms with Gasteiger partial charge in [-0.25, -0.2) is 0 Å². The highest BCUT2D eigenvalue weighted by molar-refractivity contribution is 7.10. The molecule has 1 fully saturated rings. The Hall–Kier alpha value is -1.76. The number of rotatable bonds is 5. The van der Waals surface area contributed by atoms with Crippen LogP contribution in [0.25, 0.3) is 0 Å². The monoisotopic (exact) mass is 359 g/mol. The van der Waals surface area contributed by atoms with Crippen molar-refractivity contribution in [1.82, 2.24) is 14.8 Å². The van der Waals surface area contributed by atoms with Gasteiger partial charge in [-0.2, -0.15) is 0 Å². The molecule has 5 nitrogen and oxygen atoms in total. The van der Waals surface area contributed by atoms with Gasteiger partial charge in [-0.05, 0) is 49.0 Å². The van der Waals surface area contributed by atoms with Crippen LogP contribution in [0.1, 0.15) is 28.3 Å². The van der Waals surface area contributed by atoms with Crippen LogP contribution in [0.5, 0.6) is 0 Å². The predicted molar refractivity (Wildman–Crippen MR) is 99.6 cm³/mol. The molecule has 0 bridgehead atoms. The number of likely N-dealkylation sites (tertiary alicyclic amines) is 1. The summed E-state index contributed by atoms with van der Waals surface area (Å²) in [6, 6.07) is 6.00. The minimum absolute atomic E-state index is 0.0757. The van der Waals surface area contributed by atoms with E-state index < -0.39 is 6.10 Å². The number of carbonyl (C=O) groups is 1. The molecule has 0 unspecified atom stereocenters. The third-order valence-corrected chi connectivity index (χ3v) is 5.90. The molecule has 1 N–H and O–H groups in total. The summed E-state index contributed by atoms with van der Waals surface area (Å²) in [6.07, 6.45) is 3.90. The smallest absolute Gasteiger partial charge is 0.236 e. The minimum Gasteiger partial charge on any atom is -0.391 e. The van der Waals surface area contributed by atoms with Gasteiger partial charge in [0.05, 0.1) is 12.6 Å². The van der Waals surface area contributed by atoms with E-state index in [1.807, 2.05) is 30.3 Å². The largest absolute Gasteiger partial charge is 0.391 e. The van der Waals surface area contributed by atoms with Crippen LogP contribution < -0.4 is 0 Å². The van der Waals surface area contributed by atoms with Gasteiger partial charge < -0.3 is 10.0 Å². The molecule has 2 aromatic rings. The number of carbonyl (C=O) groups excluding carboxylic acids is 1. The lowest BCUT2D eigenvalue weighted by Gasteiger charge is -2.36. The van der Waals surface area contributed by atoms with E-state index in [0.717, 1.165) is 12.0 Å². The Kier molecular flexibility index (Phi) is 5.83. The van der Waals surface area contributed by atoms with Gasteiger partial charge in [0.1, 0.15) is 0 Å². The maximum Gasteiger partial charge on any atom is 0.236 e. The van der Waals surface area contributed by atoms with Gasteiger partial charge in [-0.3, -0.25) is 14.7 Å². The van der Waals surface area contributed by atoms with E-state index in [9.17, 15) is 9.90 Å². The molecule has 3 rings (SSSR count). The first kappa shape index (κ1) is 18.0. The number of aromatic nitrogens is 1. The van der Waals surface area contributed by atoms with E-state index in [-0.39, 0.29) is 11.8 Å². The molecule has 0 spiro atoms. The Labute approximate surface area is 152 Å². The Morgan fingerprint density at radius 2 is 2.32 bits per heavy atom. The maximum absolute atomic E-state index is 12.6. The van der Waals surface area contributed by atoms with Crippen molar-refractivity contribution in [3.8, 4) is 0 Å². The molecule has 1 saturated heterocycles. The average molecular weight is 359 g/mol. The first-order valence-corrected chi connectivity index (χ1v) is 9.50. The Morgan fingerprint density at radius 1 is 1.48 bits per heavy atom. The minimum atomic E-state index is -0.487. The van der Waals surface area contributed by atoms with Gasteiger partial charge in [-0.15, -0.1) is 11.3 Å². The normalized spacial score (nSPS) is 20.9. The van der Waals surface area contributed by atoms with Crippen LogP contribution in [0, 0.1) is 6.92 Å². The van der Waals surface area contributed by atoms with Crippen LogP contribution in [0.2, 0.25) is 0 Å².